The van der Waals surface area contributed by atoms with Gasteiger partial charge in [-0.15, -0.1) is 0 Å². The van der Waals surface area contributed by atoms with E-state index in [4.69, 9.17) is 4.74 Å². The number of hydrogen-bond acceptors (Lipinski definition) is 7. The second kappa shape index (κ2) is 8.59. The summed E-state index contributed by atoms with van der Waals surface area (Å²) >= 11 is 0. The minimum atomic E-state index is -0.619. The van der Waals surface area contributed by atoms with E-state index in [9.17, 15) is 15.2 Å². The predicted octanol–water partition coefficient (Wildman–Crippen LogP) is 1.55. The van der Waals surface area contributed by atoms with E-state index in [2.05, 4.69) is 14.8 Å². The number of aliphatic hydroxyl groups is 1. The molecule has 1 atom stereocenters. The maximum atomic E-state index is 10.6. The van der Waals surface area contributed by atoms with Gasteiger partial charge in [0.05, 0.1) is 4.92 Å². The molecule has 0 aliphatic carbocycles. The zero-order valence-electron chi connectivity index (χ0n) is 14.4. The highest BCUT2D eigenvalue weighted by Crippen LogP contribution is 2.17. The van der Waals surface area contributed by atoms with Crippen molar-refractivity contribution in [2.45, 2.75) is 6.10 Å². The van der Waals surface area contributed by atoms with E-state index in [1.807, 2.05) is 18.2 Å². The first-order chi connectivity index (χ1) is 12.6. The number of hydrogen-bond donors (Lipinski definition) is 1. The molecule has 2 aromatic rings. The summed E-state index contributed by atoms with van der Waals surface area (Å²) in [5.41, 5.74) is 0.0173. The standard InChI is InChI=1S/C18H22N4O4/c23-16(14-26-17-6-4-15(5-7-17)22(24)25)13-20-9-11-21(12-10-20)18-3-1-2-8-19-18/h1-8,16,23H,9-14H2. The molecule has 26 heavy (non-hydrogen) atoms. The summed E-state index contributed by atoms with van der Waals surface area (Å²) in [5, 5.41) is 20.8. The summed E-state index contributed by atoms with van der Waals surface area (Å²) < 4.78 is 5.51. The molecular formula is C18H22N4O4. The smallest absolute Gasteiger partial charge is 0.269 e. The number of anilines is 1. The van der Waals surface area contributed by atoms with Gasteiger partial charge in [-0.2, -0.15) is 0 Å². The van der Waals surface area contributed by atoms with Crippen LogP contribution in [0.25, 0.3) is 0 Å². The third-order valence-corrected chi connectivity index (χ3v) is 4.30. The second-order valence-electron chi connectivity index (χ2n) is 6.19. The second-order valence-corrected chi connectivity index (χ2v) is 6.19. The average molecular weight is 358 g/mol. The number of nitrogens with zero attached hydrogens (tertiary/aromatic N) is 4. The molecule has 0 saturated carbocycles. The first kappa shape index (κ1) is 18.1. The number of β-amino-alcohol motifs (C(OH)–C–C–N with tert-alkyl or cyclic N) is 1. The highest BCUT2D eigenvalue weighted by molar-refractivity contribution is 5.38. The fraction of sp³-hybridized carbons (Fsp3) is 0.389. The molecule has 0 amide bonds. The Morgan fingerprint density at radius 2 is 1.88 bits per heavy atom. The molecule has 1 N–H and O–H groups in total. The van der Waals surface area contributed by atoms with Crippen LogP contribution < -0.4 is 9.64 Å². The largest absolute Gasteiger partial charge is 0.491 e. The Labute approximate surface area is 151 Å². The number of non-ortho nitro benzene ring substituents is 1. The number of rotatable bonds is 7. The van der Waals surface area contributed by atoms with Crippen LogP contribution in [-0.4, -0.2) is 65.3 Å². The van der Waals surface area contributed by atoms with E-state index >= 15 is 0 Å². The molecule has 1 unspecified atom stereocenters. The van der Waals surface area contributed by atoms with Gasteiger partial charge in [-0.1, -0.05) is 6.07 Å². The Kier molecular flexibility index (Phi) is 5.98. The van der Waals surface area contributed by atoms with Gasteiger partial charge in [0.25, 0.3) is 5.69 Å². The van der Waals surface area contributed by atoms with E-state index in [1.54, 1.807) is 6.20 Å². The summed E-state index contributed by atoms with van der Waals surface area (Å²) in [5.74, 6) is 1.49. The Morgan fingerprint density at radius 1 is 1.15 bits per heavy atom. The van der Waals surface area contributed by atoms with Gasteiger partial charge in [-0.25, -0.2) is 4.98 Å². The van der Waals surface area contributed by atoms with Gasteiger partial charge >= 0.3 is 0 Å². The number of piperazine rings is 1. The van der Waals surface area contributed by atoms with Crippen molar-refractivity contribution in [2.75, 3.05) is 44.2 Å². The van der Waals surface area contributed by atoms with Crippen molar-refractivity contribution in [3.05, 3.63) is 58.8 Å². The Balaban J connectivity index is 1.40. The maximum absolute atomic E-state index is 10.6. The summed E-state index contributed by atoms with van der Waals surface area (Å²) in [6.07, 6.45) is 1.17. The first-order valence-corrected chi connectivity index (χ1v) is 8.55. The van der Waals surface area contributed by atoms with Gasteiger partial charge in [-0.05, 0) is 24.3 Å². The van der Waals surface area contributed by atoms with Crippen molar-refractivity contribution >= 4 is 11.5 Å². The topological polar surface area (TPSA) is 92.0 Å². The normalized spacial score (nSPS) is 16.3. The van der Waals surface area contributed by atoms with E-state index in [0.29, 0.717) is 12.3 Å². The van der Waals surface area contributed by atoms with Crippen LogP contribution >= 0.6 is 0 Å². The maximum Gasteiger partial charge on any atom is 0.269 e. The minimum absolute atomic E-state index is 0.0173. The quantitative estimate of drug-likeness (QED) is 0.593. The molecule has 3 rings (SSSR count). The lowest BCUT2D eigenvalue weighted by Crippen LogP contribution is -2.49. The molecule has 8 heteroatoms. The van der Waals surface area contributed by atoms with Crippen LogP contribution in [0.5, 0.6) is 5.75 Å². The summed E-state index contributed by atoms with van der Waals surface area (Å²) in [6, 6.07) is 11.7. The fourth-order valence-electron chi connectivity index (χ4n) is 2.91. The minimum Gasteiger partial charge on any atom is -0.491 e. The number of benzene rings is 1. The van der Waals surface area contributed by atoms with E-state index in [1.165, 1.54) is 24.3 Å². The number of pyridine rings is 1. The molecule has 1 aromatic heterocycles. The Bertz CT molecular complexity index is 703. The lowest BCUT2D eigenvalue weighted by Gasteiger charge is -2.36. The molecule has 1 aliphatic heterocycles. The highest BCUT2D eigenvalue weighted by atomic mass is 16.6. The van der Waals surface area contributed by atoms with Gasteiger partial charge < -0.3 is 14.7 Å². The van der Waals surface area contributed by atoms with Crippen LogP contribution in [-0.2, 0) is 0 Å². The molecule has 1 aliphatic rings. The van der Waals surface area contributed by atoms with Crippen molar-refractivity contribution in [3.63, 3.8) is 0 Å². The van der Waals surface area contributed by atoms with Crippen LogP contribution in [0.2, 0.25) is 0 Å². The zero-order chi connectivity index (χ0) is 18.4. The predicted molar refractivity (Wildman–Crippen MR) is 97.5 cm³/mol. The van der Waals surface area contributed by atoms with Gasteiger partial charge in [0.1, 0.15) is 24.3 Å². The Hall–Kier alpha value is -2.71. The van der Waals surface area contributed by atoms with Crippen LogP contribution in [0.3, 0.4) is 0 Å². The molecule has 8 nitrogen and oxygen atoms in total. The summed E-state index contributed by atoms with van der Waals surface area (Å²) in [4.78, 5) is 19.0. The first-order valence-electron chi connectivity index (χ1n) is 8.55. The zero-order valence-corrected chi connectivity index (χ0v) is 14.4. The Morgan fingerprint density at radius 3 is 2.50 bits per heavy atom. The SMILES string of the molecule is O=[N+]([O-])c1ccc(OCC(O)CN2CCN(c3ccccn3)CC2)cc1. The van der Waals surface area contributed by atoms with Crippen molar-refractivity contribution in [3.8, 4) is 5.75 Å². The van der Waals surface area contributed by atoms with Gasteiger partial charge in [0, 0.05) is 51.1 Å². The number of nitro groups is 1. The molecule has 0 radical (unpaired) electrons. The number of ether oxygens (including phenoxy) is 1. The number of aliphatic hydroxyl groups excluding tert-OH is 1. The monoisotopic (exact) mass is 358 g/mol. The molecule has 0 bridgehead atoms. The van der Waals surface area contributed by atoms with E-state index in [-0.39, 0.29) is 12.3 Å². The van der Waals surface area contributed by atoms with Gasteiger partial charge in [-0.3, -0.25) is 15.0 Å². The number of nitro benzene ring substituents is 1. The van der Waals surface area contributed by atoms with Crippen molar-refractivity contribution < 1.29 is 14.8 Å². The third-order valence-electron chi connectivity index (χ3n) is 4.30. The van der Waals surface area contributed by atoms with Crippen molar-refractivity contribution in [1.29, 1.82) is 0 Å². The lowest BCUT2D eigenvalue weighted by molar-refractivity contribution is -0.384. The molecular weight excluding hydrogens is 336 g/mol. The van der Waals surface area contributed by atoms with Crippen LogP contribution in [0, 0.1) is 10.1 Å². The van der Waals surface area contributed by atoms with Crippen LogP contribution in [0.4, 0.5) is 11.5 Å². The van der Waals surface area contributed by atoms with Gasteiger partial charge in [0.15, 0.2) is 0 Å². The summed E-state index contributed by atoms with van der Waals surface area (Å²) in [6.45, 7) is 4.12. The molecule has 1 aromatic carbocycles. The number of aromatic nitrogens is 1. The highest BCUT2D eigenvalue weighted by Gasteiger charge is 2.20. The molecule has 1 saturated heterocycles. The van der Waals surface area contributed by atoms with Crippen molar-refractivity contribution in [2.24, 2.45) is 0 Å². The molecule has 0 spiro atoms. The van der Waals surface area contributed by atoms with Crippen molar-refractivity contribution in [1.82, 2.24) is 9.88 Å². The lowest BCUT2D eigenvalue weighted by atomic mass is 10.2. The van der Waals surface area contributed by atoms with Gasteiger partial charge in [0.2, 0.25) is 0 Å². The summed E-state index contributed by atoms with van der Waals surface area (Å²) in [7, 11) is 0. The fourth-order valence-corrected chi connectivity index (χ4v) is 2.91. The van der Waals surface area contributed by atoms with Crippen LogP contribution in [0.15, 0.2) is 48.7 Å². The van der Waals surface area contributed by atoms with E-state index < -0.39 is 11.0 Å². The third kappa shape index (κ3) is 4.90. The molecule has 2 heterocycles. The molecule has 138 valence electrons. The average Bonchev–Trinajstić information content (AvgIpc) is 2.68. The molecule has 1 fully saturated rings. The van der Waals surface area contributed by atoms with E-state index in [0.717, 1.165) is 32.0 Å². The van der Waals surface area contributed by atoms with Crippen LogP contribution in [0.1, 0.15) is 0 Å².